The standard InChI is InChI=1S/C8H17NO/c1-3-5-8(10)6-4-7-9-2/h4,6,8-10H,3,5,7H2,1-2H3/b6-4-. The predicted molar refractivity (Wildman–Crippen MR) is 44.0 cm³/mol. The molecule has 0 aliphatic heterocycles. The van der Waals surface area contributed by atoms with Crippen molar-refractivity contribution in [3.8, 4) is 0 Å². The Bertz CT molecular complexity index is 91.3. The van der Waals surface area contributed by atoms with Crippen molar-refractivity contribution in [2.24, 2.45) is 0 Å². The zero-order chi connectivity index (χ0) is 7.82. The van der Waals surface area contributed by atoms with Gasteiger partial charge in [0.2, 0.25) is 0 Å². The quantitative estimate of drug-likeness (QED) is 0.561. The summed E-state index contributed by atoms with van der Waals surface area (Å²) in [5, 5.41) is 12.1. The van der Waals surface area contributed by atoms with E-state index in [0.717, 1.165) is 19.4 Å². The molecule has 0 aromatic rings. The van der Waals surface area contributed by atoms with E-state index in [4.69, 9.17) is 5.11 Å². The van der Waals surface area contributed by atoms with Gasteiger partial charge in [0.15, 0.2) is 0 Å². The third-order valence-electron chi connectivity index (χ3n) is 1.26. The molecule has 0 saturated carbocycles. The first-order chi connectivity index (χ1) is 4.81. The molecule has 10 heavy (non-hydrogen) atoms. The SMILES string of the molecule is CCCC(O)/C=C\CNC. The summed E-state index contributed by atoms with van der Waals surface area (Å²) in [5.41, 5.74) is 0. The maximum Gasteiger partial charge on any atom is 0.0721 e. The van der Waals surface area contributed by atoms with E-state index in [9.17, 15) is 0 Å². The van der Waals surface area contributed by atoms with Gasteiger partial charge in [-0.25, -0.2) is 0 Å². The molecule has 0 radical (unpaired) electrons. The highest BCUT2D eigenvalue weighted by molar-refractivity contribution is 4.89. The van der Waals surface area contributed by atoms with Crippen LogP contribution in [0.5, 0.6) is 0 Å². The minimum Gasteiger partial charge on any atom is -0.389 e. The van der Waals surface area contributed by atoms with Gasteiger partial charge < -0.3 is 10.4 Å². The van der Waals surface area contributed by atoms with E-state index in [0.29, 0.717) is 0 Å². The Balaban J connectivity index is 3.26. The Morgan fingerprint density at radius 3 is 2.80 bits per heavy atom. The minimum absolute atomic E-state index is 0.252. The van der Waals surface area contributed by atoms with Gasteiger partial charge >= 0.3 is 0 Å². The molecule has 0 amide bonds. The van der Waals surface area contributed by atoms with Crippen LogP contribution in [-0.2, 0) is 0 Å². The summed E-state index contributed by atoms with van der Waals surface area (Å²) in [7, 11) is 1.89. The summed E-state index contributed by atoms with van der Waals surface area (Å²) < 4.78 is 0. The van der Waals surface area contributed by atoms with Gasteiger partial charge in [0.1, 0.15) is 0 Å². The maximum atomic E-state index is 9.16. The molecule has 0 aromatic heterocycles. The highest BCUT2D eigenvalue weighted by atomic mass is 16.3. The Kier molecular flexibility index (Phi) is 6.55. The number of likely N-dealkylation sites (N-methyl/N-ethyl adjacent to an activating group) is 1. The fourth-order valence-electron chi connectivity index (χ4n) is 0.735. The molecule has 2 heteroatoms. The van der Waals surface area contributed by atoms with Gasteiger partial charge in [-0.3, -0.25) is 0 Å². The Hall–Kier alpha value is -0.340. The molecule has 60 valence electrons. The number of hydrogen-bond donors (Lipinski definition) is 2. The van der Waals surface area contributed by atoms with Crippen LogP contribution in [0.2, 0.25) is 0 Å². The minimum atomic E-state index is -0.252. The summed E-state index contributed by atoms with van der Waals surface area (Å²) in [4.78, 5) is 0. The number of nitrogens with one attached hydrogen (secondary N) is 1. The fraction of sp³-hybridized carbons (Fsp3) is 0.750. The molecule has 1 atom stereocenters. The van der Waals surface area contributed by atoms with Crippen LogP contribution in [0.3, 0.4) is 0 Å². The fourth-order valence-corrected chi connectivity index (χ4v) is 0.735. The molecule has 0 aliphatic rings. The van der Waals surface area contributed by atoms with Crippen LogP contribution < -0.4 is 5.32 Å². The lowest BCUT2D eigenvalue weighted by molar-refractivity contribution is 0.211. The Morgan fingerprint density at radius 2 is 2.30 bits per heavy atom. The van der Waals surface area contributed by atoms with E-state index in [1.807, 2.05) is 19.2 Å². The zero-order valence-corrected chi connectivity index (χ0v) is 6.80. The molecule has 0 spiro atoms. The van der Waals surface area contributed by atoms with E-state index < -0.39 is 0 Å². The highest BCUT2D eigenvalue weighted by Crippen LogP contribution is 1.96. The van der Waals surface area contributed by atoms with Gasteiger partial charge in [0.25, 0.3) is 0 Å². The van der Waals surface area contributed by atoms with Crippen LogP contribution in [0.15, 0.2) is 12.2 Å². The third-order valence-corrected chi connectivity index (χ3v) is 1.26. The summed E-state index contributed by atoms with van der Waals surface area (Å²) in [6.07, 6.45) is 5.42. The van der Waals surface area contributed by atoms with E-state index in [2.05, 4.69) is 12.2 Å². The first-order valence-electron chi connectivity index (χ1n) is 3.80. The molecule has 0 aromatic carbocycles. The van der Waals surface area contributed by atoms with Crippen LogP contribution >= 0.6 is 0 Å². The second kappa shape index (κ2) is 6.78. The molecule has 0 fully saturated rings. The monoisotopic (exact) mass is 143 g/mol. The highest BCUT2D eigenvalue weighted by Gasteiger charge is 1.93. The average molecular weight is 143 g/mol. The number of aliphatic hydroxyl groups is 1. The van der Waals surface area contributed by atoms with Crippen molar-refractivity contribution < 1.29 is 5.11 Å². The van der Waals surface area contributed by atoms with Gasteiger partial charge in [0, 0.05) is 6.54 Å². The third kappa shape index (κ3) is 5.79. The zero-order valence-electron chi connectivity index (χ0n) is 6.80. The second-order valence-corrected chi connectivity index (χ2v) is 2.34. The Labute approximate surface area is 62.9 Å². The average Bonchev–Trinajstić information content (AvgIpc) is 1.89. The molecule has 2 nitrogen and oxygen atoms in total. The topological polar surface area (TPSA) is 32.3 Å². The largest absolute Gasteiger partial charge is 0.389 e. The van der Waals surface area contributed by atoms with Crippen LogP contribution in [0.4, 0.5) is 0 Å². The van der Waals surface area contributed by atoms with Crippen LogP contribution in [0.25, 0.3) is 0 Å². The number of aliphatic hydroxyl groups excluding tert-OH is 1. The predicted octanol–water partition coefficient (Wildman–Crippen LogP) is 0.923. The molecule has 0 bridgehead atoms. The van der Waals surface area contributed by atoms with E-state index in [1.165, 1.54) is 0 Å². The van der Waals surface area contributed by atoms with Crippen molar-refractivity contribution in [3.05, 3.63) is 12.2 Å². The van der Waals surface area contributed by atoms with E-state index in [1.54, 1.807) is 0 Å². The Morgan fingerprint density at radius 1 is 1.60 bits per heavy atom. The molecule has 0 rings (SSSR count). The summed E-state index contributed by atoms with van der Waals surface area (Å²) in [5.74, 6) is 0. The normalized spacial score (nSPS) is 14.3. The number of rotatable bonds is 5. The molecular weight excluding hydrogens is 126 g/mol. The van der Waals surface area contributed by atoms with Crippen LogP contribution in [0, 0.1) is 0 Å². The molecule has 0 aliphatic carbocycles. The van der Waals surface area contributed by atoms with Gasteiger partial charge in [-0.2, -0.15) is 0 Å². The maximum absolute atomic E-state index is 9.16. The lowest BCUT2D eigenvalue weighted by atomic mass is 10.2. The lowest BCUT2D eigenvalue weighted by Gasteiger charge is -2.00. The smallest absolute Gasteiger partial charge is 0.0721 e. The molecule has 0 heterocycles. The van der Waals surface area contributed by atoms with Gasteiger partial charge in [-0.15, -0.1) is 0 Å². The van der Waals surface area contributed by atoms with Crippen LogP contribution in [0.1, 0.15) is 19.8 Å². The van der Waals surface area contributed by atoms with Gasteiger partial charge in [0.05, 0.1) is 6.10 Å². The van der Waals surface area contributed by atoms with Crippen molar-refractivity contribution in [3.63, 3.8) is 0 Å². The van der Waals surface area contributed by atoms with Crippen molar-refractivity contribution in [2.45, 2.75) is 25.9 Å². The first-order valence-corrected chi connectivity index (χ1v) is 3.80. The van der Waals surface area contributed by atoms with E-state index >= 15 is 0 Å². The number of hydrogen-bond acceptors (Lipinski definition) is 2. The summed E-state index contributed by atoms with van der Waals surface area (Å²) >= 11 is 0. The van der Waals surface area contributed by atoms with Gasteiger partial charge in [-0.1, -0.05) is 25.5 Å². The molecule has 2 N–H and O–H groups in total. The second-order valence-electron chi connectivity index (χ2n) is 2.34. The van der Waals surface area contributed by atoms with Crippen molar-refractivity contribution in [2.75, 3.05) is 13.6 Å². The van der Waals surface area contributed by atoms with Gasteiger partial charge in [-0.05, 0) is 13.5 Å². The van der Waals surface area contributed by atoms with Crippen molar-refractivity contribution in [1.29, 1.82) is 0 Å². The summed E-state index contributed by atoms with van der Waals surface area (Å²) in [6.45, 7) is 2.90. The van der Waals surface area contributed by atoms with Crippen molar-refractivity contribution >= 4 is 0 Å². The molecule has 1 unspecified atom stereocenters. The van der Waals surface area contributed by atoms with Crippen molar-refractivity contribution in [1.82, 2.24) is 5.32 Å². The van der Waals surface area contributed by atoms with E-state index in [-0.39, 0.29) is 6.10 Å². The lowest BCUT2D eigenvalue weighted by Crippen LogP contribution is -2.06. The van der Waals surface area contributed by atoms with Crippen LogP contribution in [-0.4, -0.2) is 24.8 Å². The molecular formula is C8H17NO. The summed E-state index contributed by atoms with van der Waals surface area (Å²) in [6, 6.07) is 0. The molecule has 0 saturated heterocycles. The first kappa shape index (κ1) is 9.66.